The minimum Gasteiger partial charge on any atom is -0.353 e. The van der Waals surface area contributed by atoms with Gasteiger partial charge in [0.05, 0.1) is 5.56 Å². The Hall–Kier alpha value is -1.66. The van der Waals surface area contributed by atoms with Crippen molar-refractivity contribution in [1.29, 1.82) is 0 Å². The summed E-state index contributed by atoms with van der Waals surface area (Å²) in [6, 6.07) is 6.06. The molecular weight excluding hydrogens is 397 g/mol. The summed E-state index contributed by atoms with van der Waals surface area (Å²) in [6.07, 6.45) is 1.77. The Labute approximate surface area is 153 Å². The molecule has 0 saturated carbocycles. The van der Waals surface area contributed by atoms with E-state index in [2.05, 4.69) is 25.8 Å². The topological polar surface area (TPSA) is 36.4 Å². The van der Waals surface area contributed by atoms with Crippen molar-refractivity contribution in [3.05, 3.63) is 56.9 Å². The van der Waals surface area contributed by atoms with E-state index >= 15 is 0 Å². The van der Waals surface area contributed by atoms with Gasteiger partial charge in [-0.3, -0.25) is 4.79 Å². The molecule has 1 aromatic carbocycles. The first-order valence-corrected chi connectivity index (χ1v) is 8.74. The van der Waals surface area contributed by atoms with E-state index in [-0.39, 0.29) is 11.5 Å². The smallest absolute Gasteiger partial charge is 0.257 e. The molecule has 7 heteroatoms. The summed E-state index contributed by atoms with van der Waals surface area (Å²) in [4.78, 5) is 20.8. The van der Waals surface area contributed by atoms with Crippen LogP contribution in [-0.2, 0) is 0 Å². The number of anilines is 1. The maximum atomic E-state index is 13.9. The number of piperazine rings is 1. The predicted octanol–water partition coefficient (Wildman–Crippen LogP) is 3.91. The Morgan fingerprint density at radius 3 is 2.62 bits per heavy atom. The van der Waals surface area contributed by atoms with E-state index in [4.69, 9.17) is 11.6 Å². The summed E-state index contributed by atoms with van der Waals surface area (Å²) in [6.45, 7) is 4.35. The second-order valence-corrected chi connectivity index (χ2v) is 7.05. The van der Waals surface area contributed by atoms with Crippen LogP contribution >= 0.6 is 27.5 Å². The molecular formula is C17H16BrClFN3O. The number of benzene rings is 1. The quantitative estimate of drug-likeness (QED) is 0.750. The number of aryl methyl sites for hydroxylation is 1. The number of halogens is 3. The SMILES string of the molecule is Cc1cc(Br)cnc1N1CCN(C(=O)c2cc(Cl)ccc2F)CC1. The van der Waals surface area contributed by atoms with Gasteiger partial charge in [0.1, 0.15) is 11.6 Å². The molecule has 0 spiro atoms. The molecule has 126 valence electrons. The summed E-state index contributed by atoms with van der Waals surface area (Å²) in [5.74, 6) is 0.0478. The lowest BCUT2D eigenvalue weighted by Crippen LogP contribution is -2.49. The molecule has 0 aliphatic carbocycles. The normalized spacial score (nSPS) is 14.8. The van der Waals surface area contributed by atoms with E-state index in [1.54, 1.807) is 11.1 Å². The molecule has 1 saturated heterocycles. The van der Waals surface area contributed by atoms with Crippen molar-refractivity contribution in [3.8, 4) is 0 Å². The summed E-state index contributed by atoms with van der Waals surface area (Å²) in [5, 5.41) is 0.355. The van der Waals surface area contributed by atoms with Crippen LogP contribution in [0.15, 0.2) is 34.9 Å². The van der Waals surface area contributed by atoms with Gasteiger partial charge in [0.25, 0.3) is 5.91 Å². The zero-order valence-corrected chi connectivity index (χ0v) is 15.4. The number of hydrogen-bond donors (Lipinski definition) is 0. The Kier molecular flexibility index (Phi) is 5.06. The van der Waals surface area contributed by atoms with Crippen LogP contribution in [0.5, 0.6) is 0 Å². The third kappa shape index (κ3) is 3.54. The zero-order valence-electron chi connectivity index (χ0n) is 13.1. The lowest BCUT2D eigenvalue weighted by atomic mass is 10.1. The number of nitrogens with zero attached hydrogens (tertiary/aromatic N) is 3. The first-order chi connectivity index (χ1) is 11.5. The lowest BCUT2D eigenvalue weighted by molar-refractivity contribution is 0.0742. The van der Waals surface area contributed by atoms with Crippen molar-refractivity contribution in [3.63, 3.8) is 0 Å². The van der Waals surface area contributed by atoms with E-state index in [1.807, 2.05) is 13.0 Å². The van der Waals surface area contributed by atoms with Gasteiger partial charge in [-0.05, 0) is 52.7 Å². The second-order valence-electron chi connectivity index (χ2n) is 5.70. The molecule has 0 radical (unpaired) electrons. The molecule has 0 N–H and O–H groups in total. The van der Waals surface area contributed by atoms with E-state index in [0.29, 0.717) is 31.2 Å². The zero-order chi connectivity index (χ0) is 17.3. The Morgan fingerprint density at radius 1 is 1.25 bits per heavy atom. The maximum Gasteiger partial charge on any atom is 0.257 e. The van der Waals surface area contributed by atoms with Crippen LogP contribution in [0.2, 0.25) is 5.02 Å². The van der Waals surface area contributed by atoms with E-state index < -0.39 is 5.82 Å². The fourth-order valence-electron chi connectivity index (χ4n) is 2.82. The van der Waals surface area contributed by atoms with Gasteiger partial charge in [-0.1, -0.05) is 11.6 Å². The van der Waals surface area contributed by atoms with Crippen LogP contribution in [0.4, 0.5) is 10.2 Å². The molecule has 0 bridgehead atoms. The highest BCUT2D eigenvalue weighted by molar-refractivity contribution is 9.10. The second kappa shape index (κ2) is 7.07. The third-order valence-electron chi connectivity index (χ3n) is 4.04. The number of amides is 1. The first-order valence-electron chi connectivity index (χ1n) is 7.57. The third-order valence-corrected chi connectivity index (χ3v) is 4.71. The summed E-state index contributed by atoms with van der Waals surface area (Å²) in [7, 11) is 0. The molecule has 24 heavy (non-hydrogen) atoms. The molecule has 2 aromatic rings. The number of hydrogen-bond acceptors (Lipinski definition) is 3. The molecule has 0 atom stereocenters. The van der Waals surface area contributed by atoms with Crippen molar-refractivity contribution in [2.75, 3.05) is 31.1 Å². The standard InChI is InChI=1S/C17H16BrClFN3O/c1-11-8-12(18)10-21-16(11)22-4-6-23(7-5-22)17(24)14-9-13(19)2-3-15(14)20/h2-3,8-10H,4-7H2,1H3. The van der Waals surface area contributed by atoms with Crippen LogP contribution in [0, 0.1) is 12.7 Å². The maximum absolute atomic E-state index is 13.9. The Bertz CT molecular complexity index is 778. The molecule has 3 rings (SSSR count). The van der Waals surface area contributed by atoms with Gasteiger partial charge in [-0.2, -0.15) is 0 Å². The number of rotatable bonds is 2. The highest BCUT2D eigenvalue weighted by atomic mass is 79.9. The summed E-state index contributed by atoms with van der Waals surface area (Å²) in [5.41, 5.74) is 1.10. The Morgan fingerprint density at radius 2 is 1.96 bits per heavy atom. The van der Waals surface area contributed by atoms with Crippen molar-refractivity contribution >= 4 is 39.3 Å². The van der Waals surface area contributed by atoms with Crippen LogP contribution in [0.25, 0.3) is 0 Å². The first kappa shape index (κ1) is 17.2. The molecule has 1 aromatic heterocycles. The number of pyridine rings is 1. The van der Waals surface area contributed by atoms with Crippen molar-refractivity contribution in [2.24, 2.45) is 0 Å². The highest BCUT2D eigenvalue weighted by Gasteiger charge is 2.25. The van der Waals surface area contributed by atoms with Crippen molar-refractivity contribution in [2.45, 2.75) is 6.92 Å². The average Bonchev–Trinajstić information content (AvgIpc) is 2.57. The number of aromatic nitrogens is 1. The average molecular weight is 413 g/mol. The molecule has 1 amide bonds. The van der Waals surface area contributed by atoms with Crippen molar-refractivity contribution < 1.29 is 9.18 Å². The molecule has 4 nitrogen and oxygen atoms in total. The van der Waals surface area contributed by atoms with Gasteiger partial charge in [0, 0.05) is 41.9 Å². The largest absolute Gasteiger partial charge is 0.353 e. The molecule has 0 unspecified atom stereocenters. The van der Waals surface area contributed by atoms with Gasteiger partial charge in [-0.15, -0.1) is 0 Å². The van der Waals surface area contributed by atoms with Crippen LogP contribution in [0.3, 0.4) is 0 Å². The van der Waals surface area contributed by atoms with E-state index in [0.717, 1.165) is 15.9 Å². The van der Waals surface area contributed by atoms with Gasteiger partial charge in [0.2, 0.25) is 0 Å². The molecule has 2 heterocycles. The van der Waals surface area contributed by atoms with Gasteiger partial charge < -0.3 is 9.80 Å². The van der Waals surface area contributed by atoms with Crippen LogP contribution in [-0.4, -0.2) is 42.0 Å². The lowest BCUT2D eigenvalue weighted by Gasteiger charge is -2.36. The monoisotopic (exact) mass is 411 g/mol. The summed E-state index contributed by atoms with van der Waals surface area (Å²) < 4.78 is 14.8. The minimum absolute atomic E-state index is 0.0221. The number of carbonyl (C=O) groups excluding carboxylic acids is 1. The van der Waals surface area contributed by atoms with Crippen LogP contribution in [0.1, 0.15) is 15.9 Å². The molecule has 1 fully saturated rings. The van der Waals surface area contributed by atoms with Gasteiger partial charge in [-0.25, -0.2) is 9.37 Å². The van der Waals surface area contributed by atoms with E-state index in [1.165, 1.54) is 18.2 Å². The molecule has 1 aliphatic heterocycles. The number of carbonyl (C=O) groups is 1. The Balaban J connectivity index is 1.70. The van der Waals surface area contributed by atoms with E-state index in [9.17, 15) is 9.18 Å². The molecule has 1 aliphatic rings. The van der Waals surface area contributed by atoms with Gasteiger partial charge in [0.15, 0.2) is 0 Å². The fourth-order valence-corrected chi connectivity index (χ4v) is 3.44. The highest BCUT2D eigenvalue weighted by Crippen LogP contribution is 2.23. The fraction of sp³-hybridized carbons (Fsp3) is 0.294. The summed E-state index contributed by atoms with van der Waals surface area (Å²) >= 11 is 9.28. The minimum atomic E-state index is -0.544. The van der Waals surface area contributed by atoms with Crippen LogP contribution < -0.4 is 4.90 Å². The van der Waals surface area contributed by atoms with Crippen molar-refractivity contribution in [1.82, 2.24) is 9.88 Å². The van der Waals surface area contributed by atoms with Gasteiger partial charge >= 0.3 is 0 Å². The predicted molar refractivity (Wildman–Crippen MR) is 96.2 cm³/mol.